The third kappa shape index (κ3) is 2.66. The molecule has 0 spiro atoms. The molecule has 2 rings (SSSR count). The van der Waals surface area contributed by atoms with Crippen LogP contribution < -0.4 is 5.56 Å². The first kappa shape index (κ1) is 13.7. The van der Waals surface area contributed by atoms with Crippen molar-refractivity contribution >= 4 is 22.6 Å². The lowest BCUT2D eigenvalue weighted by molar-refractivity contribution is -0.137. The van der Waals surface area contributed by atoms with Crippen LogP contribution in [-0.4, -0.2) is 45.7 Å². The van der Waals surface area contributed by atoms with E-state index in [-0.39, 0.29) is 24.2 Å². The number of carboxylic acid groups (broad SMARTS) is 1. The van der Waals surface area contributed by atoms with Gasteiger partial charge in [-0.05, 0) is 6.07 Å². The molecular weight excluding hydrogens is 262 g/mol. The number of amides is 1. The lowest BCUT2D eigenvalue weighted by atomic mass is 10.1. The summed E-state index contributed by atoms with van der Waals surface area (Å²) in [7, 11) is 1.49. The number of H-pyrrole nitrogens is 1. The number of fused-ring (bicyclic) bond motifs is 1. The van der Waals surface area contributed by atoms with Crippen LogP contribution in [0.4, 0.5) is 0 Å². The van der Waals surface area contributed by atoms with Crippen LogP contribution in [0.15, 0.2) is 29.1 Å². The molecular formula is C13H13N3O4. The maximum absolute atomic E-state index is 12.2. The standard InChI is InChI=1S/C13H13N3O4/c1-16(7-6-10(17)18)13(20)11-8-4-2-3-5-9(8)12(19)15-14-11/h2-5H,6-7H2,1H3,(H,15,19)(H,17,18). The van der Waals surface area contributed by atoms with Crippen LogP contribution >= 0.6 is 0 Å². The number of hydrogen-bond donors (Lipinski definition) is 2. The fourth-order valence-corrected chi connectivity index (χ4v) is 1.82. The molecule has 0 aliphatic rings. The number of hydrogen-bond acceptors (Lipinski definition) is 4. The summed E-state index contributed by atoms with van der Waals surface area (Å²) in [5, 5.41) is 15.5. The van der Waals surface area contributed by atoms with E-state index >= 15 is 0 Å². The van der Waals surface area contributed by atoms with E-state index in [1.807, 2.05) is 0 Å². The summed E-state index contributed by atoms with van der Waals surface area (Å²) in [6, 6.07) is 6.64. The van der Waals surface area contributed by atoms with Gasteiger partial charge < -0.3 is 10.0 Å². The van der Waals surface area contributed by atoms with Gasteiger partial charge in [-0.15, -0.1) is 0 Å². The predicted molar refractivity (Wildman–Crippen MR) is 71.6 cm³/mol. The summed E-state index contributed by atoms with van der Waals surface area (Å²) in [6.07, 6.45) is -0.149. The largest absolute Gasteiger partial charge is 0.481 e. The van der Waals surface area contributed by atoms with Crippen molar-refractivity contribution in [1.82, 2.24) is 15.1 Å². The molecule has 1 amide bonds. The molecule has 1 aromatic carbocycles. The van der Waals surface area contributed by atoms with Gasteiger partial charge in [-0.3, -0.25) is 14.4 Å². The molecule has 7 nitrogen and oxygen atoms in total. The molecule has 2 N–H and O–H groups in total. The zero-order valence-electron chi connectivity index (χ0n) is 10.8. The maximum atomic E-state index is 12.2. The molecule has 0 saturated heterocycles. The van der Waals surface area contributed by atoms with Crippen LogP contribution in [0.3, 0.4) is 0 Å². The summed E-state index contributed by atoms with van der Waals surface area (Å²) < 4.78 is 0. The third-order valence-corrected chi connectivity index (χ3v) is 2.91. The molecule has 2 aromatic rings. The average Bonchev–Trinajstić information content (AvgIpc) is 2.44. The Balaban J connectivity index is 2.38. The minimum Gasteiger partial charge on any atom is -0.481 e. The highest BCUT2D eigenvalue weighted by atomic mass is 16.4. The Hall–Kier alpha value is -2.70. The Morgan fingerprint density at radius 2 is 1.95 bits per heavy atom. The Morgan fingerprint density at radius 3 is 2.60 bits per heavy atom. The predicted octanol–water partition coefficient (Wildman–Crippen LogP) is 0.470. The molecule has 0 radical (unpaired) electrons. The second-order valence-corrected chi connectivity index (χ2v) is 4.32. The zero-order chi connectivity index (χ0) is 14.7. The number of nitrogens with one attached hydrogen (secondary N) is 1. The molecule has 1 aromatic heterocycles. The highest BCUT2D eigenvalue weighted by Crippen LogP contribution is 2.13. The minimum atomic E-state index is -0.982. The van der Waals surface area contributed by atoms with E-state index < -0.39 is 11.9 Å². The van der Waals surface area contributed by atoms with Crippen LogP contribution in [0.2, 0.25) is 0 Å². The Labute approximate surface area is 113 Å². The van der Waals surface area contributed by atoms with Crippen LogP contribution in [0, 0.1) is 0 Å². The average molecular weight is 275 g/mol. The van der Waals surface area contributed by atoms with Gasteiger partial charge in [-0.1, -0.05) is 18.2 Å². The summed E-state index contributed by atoms with van der Waals surface area (Å²) in [6.45, 7) is 0.0727. The molecule has 0 bridgehead atoms. The van der Waals surface area contributed by atoms with Crippen molar-refractivity contribution in [3.05, 3.63) is 40.3 Å². The van der Waals surface area contributed by atoms with Gasteiger partial charge in [0, 0.05) is 19.0 Å². The van der Waals surface area contributed by atoms with Crippen molar-refractivity contribution in [3.8, 4) is 0 Å². The first-order valence-electron chi connectivity index (χ1n) is 5.95. The van der Waals surface area contributed by atoms with Crippen molar-refractivity contribution < 1.29 is 14.7 Å². The van der Waals surface area contributed by atoms with E-state index in [4.69, 9.17) is 5.11 Å². The lowest BCUT2D eigenvalue weighted by Gasteiger charge is -2.16. The van der Waals surface area contributed by atoms with E-state index in [0.29, 0.717) is 10.8 Å². The van der Waals surface area contributed by atoms with E-state index in [0.717, 1.165) is 0 Å². The van der Waals surface area contributed by atoms with Gasteiger partial charge in [0.05, 0.1) is 11.8 Å². The molecule has 0 fully saturated rings. The van der Waals surface area contributed by atoms with Gasteiger partial charge in [0.25, 0.3) is 11.5 Å². The van der Waals surface area contributed by atoms with Crippen LogP contribution in [0.1, 0.15) is 16.9 Å². The molecule has 1 heterocycles. The molecule has 7 heteroatoms. The number of rotatable bonds is 4. The molecule has 0 aliphatic carbocycles. The molecule has 0 aliphatic heterocycles. The van der Waals surface area contributed by atoms with Crippen molar-refractivity contribution in [2.45, 2.75) is 6.42 Å². The molecule has 104 valence electrons. The van der Waals surface area contributed by atoms with Gasteiger partial charge >= 0.3 is 5.97 Å². The number of aromatic amines is 1. The number of nitrogens with zero attached hydrogens (tertiary/aromatic N) is 2. The summed E-state index contributed by atoms with van der Waals surface area (Å²) in [5.41, 5.74) is -0.265. The van der Waals surface area contributed by atoms with E-state index in [1.54, 1.807) is 24.3 Å². The van der Waals surface area contributed by atoms with Crippen LogP contribution in [0.5, 0.6) is 0 Å². The van der Waals surface area contributed by atoms with Gasteiger partial charge in [0.2, 0.25) is 0 Å². The molecule has 0 atom stereocenters. The maximum Gasteiger partial charge on any atom is 0.305 e. The topological polar surface area (TPSA) is 103 Å². The normalized spacial score (nSPS) is 10.4. The highest BCUT2D eigenvalue weighted by molar-refractivity contribution is 6.04. The summed E-state index contributed by atoms with van der Waals surface area (Å²) >= 11 is 0. The van der Waals surface area contributed by atoms with E-state index in [1.165, 1.54) is 11.9 Å². The van der Waals surface area contributed by atoms with Crippen LogP contribution in [-0.2, 0) is 4.79 Å². The molecule has 20 heavy (non-hydrogen) atoms. The number of carbonyl (C=O) groups excluding carboxylic acids is 1. The van der Waals surface area contributed by atoms with Crippen molar-refractivity contribution in [2.75, 3.05) is 13.6 Å². The zero-order valence-corrected chi connectivity index (χ0v) is 10.8. The fourth-order valence-electron chi connectivity index (χ4n) is 1.82. The Morgan fingerprint density at radius 1 is 1.30 bits per heavy atom. The van der Waals surface area contributed by atoms with E-state index in [2.05, 4.69) is 10.2 Å². The number of benzene rings is 1. The first-order chi connectivity index (χ1) is 9.50. The van der Waals surface area contributed by atoms with Gasteiger partial charge in [0.15, 0.2) is 5.69 Å². The highest BCUT2D eigenvalue weighted by Gasteiger charge is 2.18. The number of carbonyl (C=O) groups is 2. The minimum absolute atomic E-state index is 0.0727. The van der Waals surface area contributed by atoms with Crippen molar-refractivity contribution in [1.29, 1.82) is 0 Å². The van der Waals surface area contributed by atoms with Gasteiger partial charge in [-0.2, -0.15) is 5.10 Å². The SMILES string of the molecule is CN(CCC(=O)O)C(=O)c1n[nH]c(=O)c2ccccc12. The molecule has 0 saturated carbocycles. The van der Waals surface area contributed by atoms with Crippen LogP contribution in [0.25, 0.3) is 10.8 Å². The summed E-state index contributed by atoms with van der Waals surface area (Å²) in [4.78, 5) is 35.6. The van der Waals surface area contributed by atoms with E-state index in [9.17, 15) is 14.4 Å². The van der Waals surface area contributed by atoms with Crippen molar-refractivity contribution in [3.63, 3.8) is 0 Å². The van der Waals surface area contributed by atoms with Gasteiger partial charge in [0.1, 0.15) is 0 Å². The Bertz CT molecular complexity index is 723. The number of carboxylic acids is 1. The second-order valence-electron chi connectivity index (χ2n) is 4.32. The Kier molecular flexibility index (Phi) is 3.79. The fraction of sp³-hybridized carbons (Fsp3) is 0.231. The monoisotopic (exact) mass is 275 g/mol. The third-order valence-electron chi connectivity index (χ3n) is 2.91. The smallest absolute Gasteiger partial charge is 0.305 e. The molecule has 0 unspecified atom stereocenters. The van der Waals surface area contributed by atoms with Crippen molar-refractivity contribution in [2.24, 2.45) is 0 Å². The first-order valence-corrected chi connectivity index (χ1v) is 5.95. The number of aromatic nitrogens is 2. The second kappa shape index (κ2) is 5.52. The lowest BCUT2D eigenvalue weighted by Crippen LogP contribution is -2.31. The number of aliphatic carboxylic acids is 1. The quantitative estimate of drug-likeness (QED) is 0.844. The summed E-state index contributed by atoms with van der Waals surface area (Å²) in [5.74, 6) is -1.41. The van der Waals surface area contributed by atoms with Gasteiger partial charge in [-0.25, -0.2) is 5.10 Å².